The lowest BCUT2D eigenvalue weighted by Crippen LogP contribution is -2.20. The van der Waals surface area contributed by atoms with E-state index in [-0.39, 0.29) is 0 Å². The minimum absolute atomic E-state index is 0.601. The van der Waals surface area contributed by atoms with E-state index < -0.39 is 0 Å². The molecule has 0 aliphatic carbocycles. The lowest BCUT2D eigenvalue weighted by atomic mass is 10.2. The number of hydrogen-bond acceptors (Lipinski definition) is 2. The van der Waals surface area contributed by atoms with Crippen molar-refractivity contribution >= 4 is 6.41 Å². The van der Waals surface area contributed by atoms with Gasteiger partial charge in [0.25, 0.3) is 0 Å². The molecular weight excluding hydrogens is 178 g/mol. The molecule has 1 rings (SSSR count). The second kappa shape index (κ2) is 5.27. The van der Waals surface area contributed by atoms with E-state index in [4.69, 9.17) is 4.74 Å². The summed E-state index contributed by atoms with van der Waals surface area (Å²) in [5.74, 6) is 0.827. The number of rotatable bonds is 5. The van der Waals surface area contributed by atoms with Gasteiger partial charge in [-0.1, -0.05) is 18.2 Å². The van der Waals surface area contributed by atoms with Crippen molar-refractivity contribution in [3.63, 3.8) is 0 Å². The van der Waals surface area contributed by atoms with Gasteiger partial charge in [-0.15, -0.1) is 0 Å². The fourth-order valence-corrected chi connectivity index (χ4v) is 1.28. The Morgan fingerprint density at radius 3 is 2.71 bits per heavy atom. The lowest BCUT2D eigenvalue weighted by molar-refractivity contribution is -0.118. The Bertz CT molecular complexity index is 299. The van der Waals surface area contributed by atoms with Crippen molar-refractivity contribution < 1.29 is 9.53 Å². The second-order valence-corrected chi connectivity index (χ2v) is 2.98. The number of methoxy groups -OCH3 is 1. The molecule has 0 atom stereocenters. The van der Waals surface area contributed by atoms with Crippen molar-refractivity contribution in [1.82, 2.24) is 4.90 Å². The molecule has 76 valence electrons. The summed E-state index contributed by atoms with van der Waals surface area (Å²) in [6.07, 6.45) is 0.854. The summed E-state index contributed by atoms with van der Waals surface area (Å²) >= 11 is 0. The topological polar surface area (TPSA) is 29.5 Å². The number of nitrogens with zero attached hydrogens (tertiary/aromatic N) is 1. The number of para-hydroxylation sites is 1. The molecule has 1 amide bonds. The highest BCUT2D eigenvalue weighted by Crippen LogP contribution is 2.18. The molecule has 0 fully saturated rings. The highest BCUT2D eigenvalue weighted by Gasteiger charge is 2.04. The van der Waals surface area contributed by atoms with Gasteiger partial charge < -0.3 is 9.64 Å². The zero-order valence-corrected chi connectivity index (χ0v) is 8.56. The van der Waals surface area contributed by atoms with Crippen LogP contribution in [0.15, 0.2) is 24.3 Å². The van der Waals surface area contributed by atoms with E-state index in [1.807, 2.05) is 31.2 Å². The number of carbonyl (C=O) groups excluding carboxylic acids is 1. The van der Waals surface area contributed by atoms with Crippen LogP contribution in [0.2, 0.25) is 0 Å². The maximum absolute atomic E-state index is 10.6. The van der Waals surface area contributed by atoms with Crippen LogP contribution in [-0.2, 0) is 11.3 Å². The predicted molar refractivity (Wildman–Crippen MR) is 55.1 cm³/mol. The third kappa shape index (κ3) is 2.49. The summed E-state index contributed by atoms with van der Waals surface area (Å²) in [6.45, 7) is 3.26. The van der Waals surface area contributed by atoms with Crippen molar-refractivity contribution in [3.8, 4) is 5.75 Å². The third-order valence-electron chi connectivity index (χ3n) is 2.12. The van der Waals surface area contributed by atoms with Crippen molar-refractivity contribution in [3.05, 3.63) is 29.8 Å². The smallest absolute Gasteiger partial charge is 0.209 e. The zero-order chi connectivity index (χ0) is 10.4. The fourth-order valence-electron chi connectivity index (χ4n) is 1.28. The van der Waals surface area contributed by atoms with Crippen LogP contribution >= 0.6 is 0 Å². The first-order valence-electron chi connectivity index (χ1n) is 4.63. The van der Waals surface area contributed by atoms with E-state index in [0.717, 1.165) is 17.7 Å². The minimum atomic E-state index is 0.601. The average molecular weight is 193 g/mol. The van der Waals surface area contributed by atoms with Crippen LogP contribution in [0.4, 0.5) is 0 Å². The van der Waals surface area contributed by atoms with E-state index in [1.165, 1.54) is 0 Å². The van der Waals surface area contributed by atoms with Crippen LogP contribution in [0.3, 0.4) is 0 Å². The summed E-state index contributed by atoms with van der Waals surface area (Å²) in [4.78, 5) is 12.3. The Balaban J connectivity index is 2.78. The van der Waals surface area contributed by atoms with Crippen LogP contribution in [0, 0.1) is 0 Å². The zero-order valence-electron chi connectivity index (χ0n) is 8.56. The van der Waals surface area contributed by atoms with Gasteiger partial charge in [-0.3, -0.25) is 4.79 Å². The molecule has 0 aliphatic heterocycles. The largest absolute Gasteiger partial charge is 0.496 e. The Labute approximate surface area is 84.3 Å². The number of amides is 1. The van der Waals surface area contributed by atoms with Crippen LogP contribution < -0.4 is 4.74 Å². The molecule has 3 nitrogen and oxygen atoms in total. The molecule has 0 spiro atoms. The van der Waals surface area contributed by atoms with E-state index in [2.05, 4.69) is 0 Å². The molecule has 0 bridgehead atoms. The summed E-state index contributed by atoms with van der Waals surface area (Å²) in [5, 5.41) is 0. The Morgan fingerprint density at radius 1 is 1.43 bits per heavy atom. The van der Waals surface area contributed by atoms with Crippen LogP contribution in [0.5, 0.6) is 5.75 Å². The number of ether oxygens (including phenoxy) is 1. The third-order valence-corrected chi connectivity index (χ3v) is 2.12. The number of benzene rings is 1. The van der Waals surface area contributed by atoms with Gasteiger partial charge in [-0.25, -0.2) is 0 Å². The molecule has 0 heterocycles. The van der Waals surface area contributed by atoms with E-state index in [9.17, 15) is 4.79 Å². The monoisotopic (exact) mass is 193 g/mol. The van der Waals surface area contributed by atoms with Crippen molar-refractivity contribution in [2.75, 3.05) is 13.7 Å². The van der Waals surface area contributed by atoms with Gasteiger partial charge in [0.15, 0.2) is 0 Å². The molecule has 0 aromatic heterocycles. The van der Waals surface area contributed by atoms with Gasteiger partial charge >= 0.3 is 0 Å². The fraction of sp³-hybridized carbons (Fsp3) is 0.364. The maximum atomic E-state index is 10.6. The Hall–Kier alpha value is -1.51. The highest BCUT2D eigenvalue weighted by atomic mass is 16.5. The van der Waals surface area contributed by atoms with Gasteiger partial charge in [0.1, 0.15) is 5.75 Å². The number of hydrogen-bond donors (Lipinski definition) is 0. The minimum Gasteiger partial charge on any atom is -0.496 e. The molecule has 0 saturated carbocycles. The van der Waals surface area contributed by atoms with Gasteiger partial charge in [-0.05, 0) is 13.0 Å². The molecule has 0 unspecified atom stereocenters. The van der Waals surface area contributed by atoms with Gasteiger partial charge in [-0.2, -0.15) is 0 Å². The SMILES string of the molecule is CCN(C=O)Cc1ccccc1OC. The summed E-state index contributed by atoms with van der Waals surface area (Å²) in [5.41, 5.74) is 1.03. The van der Waals surface area contributed by atoms with E-state index in [1.54, 1.807) is 12.0 Å². The maximum Gasteiger partial charge on any atom is 0.209 e. The Morgan fingerprint density at radius 2 is 2.14 bits per heavy atom. The molecule has 0 aliphatic rings. The summed E-state index contributed by atoms with van der Waals surface area (Å²) in [6, 6.07) is 7.72. The first-order chi connectivity index (χ1) is 6.81. The summed E-state index contributed by atoms with van der Waals surface area (Å²) < 4.78 is 5.19. The van der Waals surface area contributed by atoms with Gasteiger partial charge in [0.05, 0.1) is 7.11 Å². The molecular formula is C11H15NO2. The van der Waals surface area contributed by atoms with E-state index in [0.29, 0.717) is 13.1 Å². The Kier molecular flexibility index (Phi) is 3.98. The highest BCUT2D eigenvalue weighted by molar-refractivity contribution is 5.48. The van der Waals surface area contributed by atoms with Crippen molar-refractivity contribution in [1.29, 1.82) is 0 Å². The normalized spacial score (nSPS) is 9.57. The first kappa shape index (κ1) is 10.6. The first-order valence-corrected chi connectivity index (χ1v) is 4.63. The van der Waals surface area contributed by atoms with Crippen LogP contribution in [0.25, 0.3) is 0 Å². The van der Waals surface area contributed by atoms with Gasteiger partial charge in [0, 0.05) is 18.7 Å². The standard InChI is InChI=1S/C11H15NO2/c1-3-12(9-13)8-10-6-4-5-7-11(10)14-2/h4-7,9H,3,8H2,1-2H3. The molecule has 0 N–H and O–H groups in total. The molecule has 1 aromatic rings. The average Bonchev–Trinajstić information content (AvgIpc) is 2.26. The molecule has 3 heteroatoms. The van der Waals surface area contributed by atoms with Crippen LogP contribution in [0.1, 0.15) is 12.5 Å². The predicted octanol–water partition coefficient (Wildman–Crippen LogP) is 1.67. The molecule has 14 heavy (non-hydrogen) atoms. The number of carbonyl (C=O) groups is 1. The summed E-state index contributed by atoms with van der Waals surface area (Å²) in [7, 11) is 1.63. The van der Waals surface area contributed by atoms with Crippen LogP contribution in [-0.4, -0.2) is 25.0 Å². The molecule has 0 saturated heterocycles. The van der Waals surface area contributed by atoms with E-state index >= 15 is 0 Å². The molecule has 1 aromatic carbocycles. The molecule has 0 radical (unpaired) electrons. The quantitative estimate of drug-likeness (QED) is 0.666. The second-order valence-electron chi connectivity index (χ2n) is 2.98. The van der Waals surface area contributed by atoms with Crippen molar-refractivity contribution in [2.45, 2.75) is 13.5 Å². The van der Waals surface area contributed by atoms with Crippen molar-refractivity contribution in [2.24, 2.45) is 0 Å². The lowest BCUT2D eigenvalue weighted by Gasteiger charge is -2.16. The van der Waals surface area contributed by atoms with Gasteiger partial charge in [0.2, 0.25) is 6.41 Å².